The zero-order valence-electron chi connectivity index (χ0n) is 7.05. The highest BCUT2D eigenvalue weighted by atomic mass is 16.5. The van der Waals surface area contributed by atoms with Crippen molar-refractivity contribution in [1.29, 1.82) is 0 Å². The van der Waals surface area contributed by atoms with E-state index in [-0.39, 0.29) is 0 Å². The Morgan fingerprint density at radius 1 is 1.40 bits per heavy atom. The zero-order valence-corrected chi connectivity index (χ0v) is 7.05. The van der Waals surface area contributed by atoms with Gasteiger partial charge in [0.25, 0.3) is 0 Å². The van der Waals surface area contributed by atoms with Crippen molar-refractivity contribution >= 4 is 0 Å². The minimum absolute atomic E-state index is 0.813. The molecule has 0 aliphatic rings. The van der Waals surface area contributed by atoms with E-state index >= 15 is 0 Å². The van der Waals surface area contributed by atoms with Gasteiger partial charge in [0.05, 0.1) is 12.9 Å². The van der Waals surface area contributed by atoms with Crippen molar-refractivity contribution in [2.24, 2.45) is 0 Å². The lowest BCUT2D eigenvalue weighted by Gasteiger charge is -1.93. The average molecular weight is 140 g/mol. The predicted octanol–water partition coefficient (Wildman–Crippen LogP) is 2.89. The molecule has 0 heterocycles. The van der Waals surface area contributed by atoms with Crippen LogP contribution in [0.5, 0.6) is 0 Å². The SMILES string of the molecule is CCCOC=CC=C(C)C. The first kappa shape index (κ1) is 9.28. The normalized spacial score (nSPS) is 9.90. The summed E-state index contributed by atoms with van der Waals surface area (Å²) in [6.07, 6.45) is 6.75. The Morgan fingerprint density at radius 2 is 2.10 bits per heavy atom. The van der Waals surface area contributed by atoms with Gasteiger partial charge in [-0.05, 0) is 26.3 Å². The highest BCUT2D eigenvalue weighted by molar-refractivity contribution is 5.06. The van der Waals surface area contributed by atoms with Gasteiger partial charge in [0.15, 0.2) is 0 Å². The third kappa shape index (κ3) is 7.28. The van der Waals surface area contributed by atoms with Crippen LogP contribution in [0.4, 0.5) is 0 Å². The van der Waals surface area contributed by atoms with Crippen molar-refractivity contribution in [3.05, 3.63) is 24.0 Å². The molecule has 1 nitrogen and oxygen atoms in total. The molecule has 0 saturated carbocycles. The fourth-order valence-corrected chi connectivity index (χ4v) is 0.473. The Morgan fingerprint density at radius 3 is 2.60 bits per heavy atom. The van der Waals surface area contributed by atoms with E-state index in [4.69, 9.17) is 4.74 Å². The molecule has 10 heavy (non-hydrogen) atoms. The first-order valence-corrected chi connectivity index (χ1v) is 3.69. The summed E-state index contributed by atoms with van der Waals surface area (Å²) >= 11 is 0. The van der Waals surface area contributed by atoms with E-state index < -0.39 is 0 Å². The Hall–Kier alpha value is -0.720. The zero-order chi connectivity index (χ0) is 7.82. The monoisotopic (exact) mass is 140 g/mol. The lowest BCUT2D eigenvalue weighted by molar-refractivity contribution is 0.250. The highest BCUT2D eigenvalue weighted by Crippen LogP contribution is 1.89. The van der Waals surface area contributed by atoms with Gasteiger partial charge in [-0.3, -0.25) is 0 Å². The predicted molar refractivity (Wildman–Crippen MR) is 44.8 cm³/mol. The molecule has 0 aliphatic heterocycles. The van der Waals surface area contributed by atoms with E-state index in [0.29, 0.717) is 0 Å². The summed E-state index contributed by atoms with van der Waals surface area (Å²) in [5.74, 6) is 0. The van der Waals surface area contributed by atoms with E-state index in [2.05, 4.69) is 20.8 Å². The third-order valence-corrected chi connectivity index (χ3v) is 0.926. The summed E-state index contributed by atoms with van der Waals surface area (Å²) < 4.78 is 5.11. The van der Waals surface area contributed by atoms with Gasteiger partial charge in [-0.15, -0.1) is 0 Å². The van der Waals surface area contributed by atoms with E-state index in [0.717, 1.165) is 13.0 Å². The summed E-state index contributed by atoms with van der Waals surface area (Å²) in [7, 11) is 0. The number of hydrogen-bond donors (Lipinski definition) is 0. The molecular weight excluding hydrogens is 124 g/mol. The summed E-state index contributed by atoms with van der Waals surface area (Å²) in [5.41, 5.74) is 1.29. The van der Waals surface area contributed by atoms with Crippen LogP contribution in [0.2, 0.25) is 0 Å². The van der Waals surface area contributed by atoms with Gasteiger partial charge < -0.3 is 4.74 Å². The molecule has 0 aromatic rings. The van der Waals surface area contributed by atoms with Gasteiger partial charge in [-0.1, -0.05) is 18.6 Å². The maximum Gasteiger partial charge on any atom is 0.0870 e. The maximum atomic E-state index is 5.11. The van der Waals surface area contributed by atoms with Crippen molar-refractivity contribution in [1.82, 2.24) is 0 Å². The first-order chi connectivity index (χ1) is 4.77. The molecule has 0 bridgehead atoms. The molecule has 0 amide bonds. The smallest absolute Gasteiger partial charge is 0.0870 e. The minimum atomic E-state index is 0.813. The molecular formula is C9H16O. The highest BCUT2D eigenvalue weighted by Gasteiger charge is 1.73. The van der Waals surface area contributed by atoms with Crippen molar-refractivity contribution in [2.75, 3.05) is 6.61 Å². The van der Waals surface area contributed by atoms with E-state index in [1.54, 1.807) is 6.26 Å². The van der Waals surface area contributed by atoms with Gasteiger partial charge in [0.2, 0.25) is 0 Å². The van der Waals surface area contributed by atoms with Crippen LogP contribution < -0.4 is 0 Å². The lowest BCUT2D eigenvalue weighted by Crippen LogP contribution is -1.81. The van der Waals surface area contributed by atoms with Crippen LogP contribution in [0.25, 0.3) is 0 Å². The van der Waals surface area contributed by atoms with Crippen molar-refractivity contribution in [3.8, 4) is 0 Å². The van der Waals surface area contributed by atoms with Gasteiger partial charge in [0, 0.05) is 0 Å². The molecule has 0 unspecified atom stereocenters. The summed E-state index contributed by atoms with van der Waals surface area (Å²) in [6.45, 7) is 7.02. The Balaban J connectivity index is 3.29. The van der Waals surface area contributed by atoms with Crippen molar-refractivity contribution in [3.63, 3.8) is 0 Å². The molecule has 0 saturated heterocycles. The fourth-order valence-electron chi connectivity index (χ4n) is 0.473. The molecule has 0 rings (SSSR count). The van der Waals surface area contributed by atoms with Crippen LogP contribution in [0.3, 0.4) is 0 Å². The largest absolute Gasteiger partial charge is 0.501 e. The van der Waals surface area contributed by atoms with Crippen molar-refractivity contribution < 1.29 is 4.74 Å². The van der Waals surface area contributed by atoms with Crippen molar-refractivity contribution in [2.45, 2.75) is 27.2 Å². The van der Waals surface area contributed by atoms with Gasteiger partial charge in [0.1, 0.15) is 0 Å². The first-order valence-electron chi connectivity index (χ1n) is 3.69. The molecule has 0 spiro atoms. The Bertz CT molecular complexity index is 119. The van der Waals surface area contributed by atoms with E-state index in [1.807, 2.05) is 12.2 Å². The number of hydrogen-bond acceptors (Lipinski definition) is 1. The van der Waals surface area contributed by atoms with E-state index in [9.17, 15) is 0 Å². The molecule has 0 fully saturated rings. The molecule has 1 heteroatoms. The number of ether oxygens (including phenoxy) is 1. The Kier molecular flexibility index (Phi) is 5.94. The van der Waals surface area contributed by atoms with Gasteiger partial charge >= 0.3 is 0 Å². The summed E-state index contributed by atoms with van der Waals surface area (Å²) in [4.78, 5) is 0. The van der Waals surface area contributed by atoms with Crippen LogP contribution in [0.1, 0.15) is 27.2 Å². The molecule has 0 radical (unpaired) electrons. The van der Waals surface area contributed by atoms with Crippen LogP contribution in [0.15, 0.2) is 24.0 Å². The standard InChI is InChI=1S/C9H16O/c1-4-7-10-8-5-6-9(2)3/h5-6,8H,4,7H2,1-3H3. The third-order valence-electron chi connectivity index (χ3n) is 0.926. The van der Waals surface area contributed by atoms with Crippen LogP contribution in [-0.2, 0) is 4.74 Å². The Labute approximate surface area is 63.4 Å². The number of allylic oxidation sites excluding steroid dienone is 3. The lowest BCUT2D eigenvalue weighted by atomic mass is 10.3. The molecule has 58 valence electrons. The topological polar surface area (TPSA) is 9.23 Å². The molecule has 0 aromatic carbocycles. The van der Waals surface area contributed by atoms with Gasteiger partial charge in [-0.25, -0.2) is 0 Å². The molecule has 0 N–H and O–H groups in total. The quantitative estimate of drug-likeness (QED) is 0.331. The number of rotatable bonds is 4. The maximum absolute atomic E-state index is 5.11. The fraction of sp³-hybridized carbons (Fsp3) is 0.556. The second kappa shape index (κ2) is 6.40. The second-order valence-electron chi connectivity index (χ2n) is 2.44. The van der Waals surface area contributed by atoms with Gasteiger partial charge in [-0.2, -0.15) is 0 Å². The average Bonchev–Trinajstić information content (AvgIpc) is 1.87. The summed E-state index contributed by atoms with van der Waals surface area (Å²) in [5, 5.41) is 0. The molecule has 0 atom stereocenters. The molecule has 0 aliphatic carbocycles. The molecule has 0 aromatic heterocycles. The van der Waals surface area contributed by atoms with Crippen LogP contribution in [-0.4, -0.2) is 6.61 Å². The summed E-state index contributed by atoms with van der Waals surface area (Å²) in [6, 6.07) is 0. The minimum Gasteiger partial charge on any atom is -0.501 e. The van der Waals surface area contributed by atoms with Crippen LogP contribution in [0, 0.1) is 0 Å². The van der Waals surface area contributed by atoms with Crippen LogP contribution >= 0.6 is 0 Å². The van der Waals surface area contributed by atoms with E-state index in [1.165, 1.54) is 5.57 Å². The second-order valence-corrected chi connectivity index (χ2v) is 2.44.